The van der Waals surface area contributed by atoms with E-state index in [1.807, 2.05) is 55.6 Å². The fourth-order valence-electron chi connectivity index (χ4n) is 5.37. The average molecular weight is 617 g/mol. The maximum Gasteiger partial charge on any atom is 0.206 e. The zero-order chi connectivity index (χ0) is 32.0. The van der Waals surface area contributed by atoms with Crippen molar-refractivity contribution in [2.24, 2.45) is 0 Å². The van der Waals surface area contributed by atoms with Gasteiger partial charge in [0.1, 0.15) is 11.6 Å². The van der Waals surface area contributed by atoms with Gasteiger partial charge in [-0.25, -0.2) is 8.91 Å². The number of ether oxygens (including phenoxy) is 2. The number of anilines is 2. The van der Waals surface area contributed by atoms with E-state index >= 15 is 0 Å². The van der Waals surface area contributed by atoms with Gasteiger partial charge in [-0.2, -0.15) is 5.10 Å². The van der Waals surface area contributed by atoms with Crippen LogP contribution in [0.5, 0.6) is 5.75 Å². The first-order valence-electron chi connectivity index (χ1n) is 15.2. The highest BCUT2D eigenvalue weighted by Gasteiger charge is 2.18. The molecule has 0 spiro atoms. The van der Waals surface area contributed by atoms with Crippen molar-refractivity contribution in [3.63, 3.8) is 0 Å². The highest BCUT2D eigenvalue weighted by atomic mass is 19.1. The summed E-state index contributed by atoms with van der Waals surface area (Å²) >= 11 is 0. The lowest BCUT2D eigenvalue weighted by atomic mass is 9.98. The number of nitrogens with one attached hydrogen (secondary N) is 2. The highest BCUT2D eigenvalue weighted by molar-refractivity contribution is 6.45. The lowest BCUT2D eigenvalue weighted by Crippen LogP contribution is -2.15. The van der Waals surface area contributed by atoms with Gasteiger partial charge < -0.3 is 20.2 Å². The van der Waals surface area contributed by atoms with Gasteiger partial charge in [-0.1, -0.05) is 48.5 Å². The summed E-state index contributed by atoms with van der Waals surface area (Å²) < 4.78 is 26.3. The number of hydrogen-bond acceptors (Lipinski definition) is 7. The third-order valence-electron chi connectivity index (χ3n) is 7.77. The molecule has 0 saturated heterocycles. The Morgan fingerprint density at radius 2 is 1.72 bits per heavy atom. The van der Waals surface area contributed by atoms with Gasteiger partial charge in [-0.15, -0.1) is 0 Å². The molecule has 9 heteroatoms. The van der Waals surface area contributed by atoms with E-state index in [-0.39, 0.29) is 29.5 Å². The van der Waals surface area contributed by atoms with Crippen LogP contribution in [0.3, 0.4) is 0 Å². The predicted molar refractivity (Wildman–Crippen MR) is 176 cm³/mol. The van der Waals surface area contributed by atoms with Crippen LogP contribution < -0.4 is 10.1 Å². The zero-order valence-corrected chi connectivity index (χ0v) is 25.4. The van der Waals surface area contributed by atoms with E-state index in [1.165, 1.54) is 12.1 Å². The Labute approximate surface area is 266 Å². The van der Waals surface area contributed by atoms with Gasteiger partial charge >= 0.3 is 0 Å². The third kappa shape index (κ3) is 6.95. The fraction of sp³-hybridized carbons (Fsp3) is 0.189. The van der Waals surface area contributed by atoms with E-state index in [0.717, 1.165) is 28.6 Å². The monoisotopic (exact) mass is 616 g/mol. The Hall–Kier alpha value is -5.41. The van der Waals surface area contributed by atoms with Crippen LogP contribution in [0.25, 0.3) is 16.6 Å². The molecular weight excluding hydrogens is 583 g/mol. The molecule has 6 rings (SSSR count). The van der Waals surface area contributed by atoms with Crippen LogP contribution in [0.15, 0.2) is 103 Å². The van der Waals surface area contributed by atoms with Gasteiger partial charge in [0.25, 0.3) is 0 Å². The fourth-order valence-corrected chi connectivity index (χ4v) is 5.37. The number of hydrogen-bond donors (Lipinski definition) is 2. The van der Waals surface area contributed by atoms with Crippen LogP contribution in [0.1, 0.15) is 46.0 Å². The van der Waals surface area contributed by atoms with Crippen LogP contribution >= 0.6 is 0 Å². The summed E-state index contributed by atoms with van der Waals surface area (Å²) in [6.07, 6.45) is 5.33. The van der Waals surface area contributed by atoms with E-state index in [9.17, 15) is 14.0 Å². The molecule has 1 aliphatic rings. The van der Waals surface area contributed by atoms with E-state index in [2.05, 4.69) is 5.32 Å². The van der Waals surface area contributed by atoms with Crippen molar-refractivity contribution >= 4 is 34.3 Å². The summed E-state index contributed by atoms with van der Waals surface area (Å²) in [5.41, 5.74) is 5.77. The maximum atomic E-state index is 13.2. The lowest BCUT2D eigenvalue weighted by molar-refractivity contribution is 0.101. The van der Waals surface area contributed by atoms with Gasteiger partial charge in [-0.05, 0) is 72.9 Å². The SMILES string of the molecule is CCOc1cc(C(=O)C2=CCCOCC2)ccc1Nc1cc2ccc(-c3ccc(C(=O)C(=N)Cc4ccc(F)cc4)cc3)cn2n1. The molecule has 3 aromatic carbocycles. The van der Waals surface area contributed by atoms with E-state index in [1.54, 1.807) is 40.9 Å². The minimum absolute atomic E-state index is 0.0149. The Kier molecular flexibility index (Phi) is 9.12. The molecule has 0 bridgehead atoms. The van der Waals surface area contributed by atoms with Crippen LogP contribution in [-0.2, 0) is 11.2 Å². The molecular formula is C37H33FN4O4. The van der Waals surface area contributed by atoms with Crippen molar-refractivity contribution < 1.29 is 23.5 Å². The molecule has 0 unspecified atom stereocenters. The Bertz CT molecular complexity index is 1950. The molecule has 232 valence electrons. The van der Waals surface area contributed by atoms with Crippen LogP contribution in [-0.4, -0.2) is 46.7 Å². The molecule has 0 radical (unpaired) electrons. The molecule has 0 amide bonds. The quantitative estimate of drug-likeness (QED) is 0.117. The van der Waals surface area contributed by atoms with Gasteiger partial charge in [0.2, 0.25) is 5.78 Å². The van der Waals surface area contributed by atoms with Gasteiger partial charge in [0.15, 0.2) is 11.6 Å². The summed E-state index contributed by atoms with van der Waals surface area (Å²) in [7, 11) is 0. The largest absolute Gasteiger partial charge is 0.492 e. The van der Waals surface area contributed by atoms with Crippen molar-refractivity contribution in [2.75, 3.05) is 25.1 Å². The van der Waals surface area contributed by atoms with E-state index in [0.29, 0.717) is 60.2 Å². The first kappa shape index (κ1) is 30.6. The minimum atomic E-state index is -0.367. The Morgan fingerprint density at radius 1 is 0.957 bits per heavy atom. The molecule has 8 nitrogen and oxygen atoms in total. The molecule has 0 atom stereocenters. The number of pyridine rings is 1. The summed E-state index contributed by atoms with van der Waals surface area (Å²) in [4.78, 5) is 26.0. The highest BCUT2D eigenvalue weighted by Crippen LogP contribution is 2.31. The standard InChI is InChI=1S/C37H33FN4O4/c1-2-46-34-21-28(36(43)26-4-3-18-45-19-17-26)12-16-33(34)40-35-22-31-15-11-29(23-42(31)41-35)25-7-9-27(10-8-25)37(44)32(39)20-24-5-13-30(38)14-6-24/h4-16,21-23,39H,2-3,17-20H2,1H3,(H,40,41). The molecule has 3 heterocycles. The van der Waals surface area contributed by atoms with Crippen molar-refractivity contribution in [1.82, 2.24) is 9.61 Å². The van der Waals surface area contributed by atoms with Crippen molar-refractivity contribution in [2.45, 2.75) is 26.2 Å². The molecule has 2 N–H and O–H groups in total. The Balaban J connectivity index is 1.16. The molecule has 0 saturated carbocycles. The number of Topliss-reactive ketones (excluding diaryl/α,β-unsaturated/α-hetero) is 2. The third-order valence-corrected chi connectivity index (χ3v) is 7.77. The number of nitrogens with zero attached hydrogens (tertiary/aromatic N) is 2. The van der Waals surface area contributed by atoms with Crippen molar-refractivity contribution in [1.29, 1.82) is 5.41 Å². The number of fused-ring (bicyclic) bond motifs is 1. The first-order valence-corrected chi connectivity index (χ1v) is 15.2. The topological polar surface area (TPSA) is 106 Å². The number of aromatic nitrogens is 2. The molecule has 1 aliphatic heterocycles. The predicted octanol–water partition coefficient (Wildman–Crippen LogP) is 7.65. The molecule has 46 heavy (non-hydrogen) atoms. The maximum absolute atomic E-state index is 13.2. The first-order chi connectivity index (χ1) is 22.4. The lowest BCUT2D eigenvalue weighted by Gasteiger charge is -2.13. The number of benzene rings is 3. The second-order valence-electron chi connectivity index (χ2n) is 11.0. The molecule has 0 aliphatic carbocycles. The van der Waals surface area contributed by atoms with Gasteiger partial charge in [-0.3, -0.25) is 9.59 Å². The van der Waals surface area contributed by atoms with Crippen LogP contribution in [0.4, 0.5) is 15.9 Å². The summed E-state index contributed by atoms with van der Waals surface area (Å²) in [6.45, 7) is 3.51. The number of halogens is 1. The van der Waals surface area contributed by atoms with Gasteiger partial charge in [0, 0.05) is 35.4 Å². The normalized spacial score (nSPS) is 13.1. The number of carbonyl (C=O) groups excluding carboxylic acids is 2. The van der Waals surface area contributed by atoms with Crippen molar-refractivity contribution in [3.8, 4) is 16.9 Å². The van der Waals surface area contributed by atoms with Gasteiger partial charge in [0.05, 0.1) is 36.7 Å². The smallest absolute Gasteiger partial charge is 0.206 e. The number of carbonyl (C=O) groups is 2. The number of rotatable bonds is 11. The molecule has 2 aromatic heterocycles. The van der Waals surface area contributed by atoms with E-state index < -0.39 is 0 Å². The Morgan fingerprint density at radius 3 is 2.50 bits per heavy atom. The summed E-state index contributed by atoms with van der Waals surface area (Å²) in [5.74, 6) is 0.443. The minimum Gasteiger partial charge on any atom is -0.492 e. The summed E-state index contributed by atoms with van der Waals surface area (Å²) in [6, 6.07) is 24.2. The second-order valence-corrected chi connectivity index (χ2v) is 11.0. The van der Waals surface area contributed by atoms with Crippen LogP contribution in [0, 0.1) is 11.2 Å². The van der Waals surface area contributed by atoms with E-state index in [4.69, 9.17) is 20.0 Å². The number of ketones is 2. The van der Waals surface area contributed by atoms with Crippen molar-refractivity contribution in [3.05, 3.63) is 125 Å². The van der Waals surface area contributed by atoms with Crippen LogP contribution in [0.2, 0.25) is 0 Å². The zero-order valence-electron chi connectivity index (χ0n) is 25.4. The molecule has 0 fully saturated rings. The average Bonchev–Trinajstić information content (AvgIpc) is 3.27. The second kappa shape index (κ2) is 13.7. The molecule has 5 aromatic rings. The summed E-state index contributed by atoms with van der Waals surface area (Å²) in [5, 5.41) is 16.3.